The lowest BCUT2D eigenvalue weighted by Gasteiger charge is -2.02. The Hall–Kier alpha value is -3.77. The molecule has 2 aromatic carbocycles. The van der Waals surface area contributed by atoms with E-state index in [0.717, 1.165) is 27.6 Å². The van der Waals surface area contributed by atoms with E-state index in [-0.39, 0.29) is 5.78 Å². The van der Waals surface area contributed by atoms with Crippen molar-refractivity contribution in [3.8, 4) is 27.8 Å². The summed E-state index contributed by atoms with van der Waals surface area (Å²) in [5.74, 6) is 1.35. The van der Waals surface area contributed by atoms with Crippen molar-refractivity contribution in [1.82, 2.24) is 14.5 Å². The molecule has 3 heterocycles. The summed E-state index contributed by atoms with van der Waals surface area (Å²) in [6.45, 7) is 4.02. The summed E-state index contributed by atoms with van der Waals surface area (Å²) in [5.41, 5.74) is 5.17. The van der Waals surface area contributed by atoms with Gasteiger partial charge in [0.15, 0.2) is 0 Å². The molecular formula is C25H19N3O2S. The summed E-state index contributed by atoms with van der Waals surface area (Å²) in [6.07, 6.45) is 3.50. The minimum absolute atomic E-state index is 0.0877. The van der Waals surface area contributed by atoms with Crippen LogP contribution in [0.15, 0.2) is 83.0 Å². The number of imidazole rings is 1. The Bertz CT molecular complexity index is 1360. The van der Waals surface area contributed by atoms with Crippen LogP contribution < -0.4 is 0 Å². The van der Waals surface area contributed by atoms with Gasteiger partial charge in [0, 0.05) is 40.0 Å². The van der Waals surface area contributed by atoms with Crippen LogP contribution >= 0.6 is 11.3 Å². The fourth-order valence-corrected chi connectivity index (χ4v) is 4.15. The molecule has 5 aromatic rings. The molecule has 5 nitrogen and oxygen atoms in total. The van der Waals surface area contributed by atoms with E-state index >= 15 is 0 Å². The average molecular weight is 426 g/mol. The Kier molecular flexibility index (Phi) is 4.84. The third-order valence-electron chi connectivity index (χ3n) is 5.12. The molecule has 0 radical (unpaired) electrons. The first kappa shape index (κ1) is 19.2. The Morgan fingerprint density at radius 3 is 2.39 bits per heavy atom. The summed E-state index contributed by atoms with van der Waals surface area (Å²) in [5, 5.41) is 2.66. The predicted molar refractivity (Wildman–Crippen MR) is 122 cm³/mol. The molecule has 0 saturated heterocycles. The van der Waals surface area contributed by atoms with Crippen molar-refractivity contribution in [1.29, 1.82) is 0 Å². The predicted octanol–water partition coefficient (Wildman–Crippen LogP) is 6.10. The standard InChI is InChI=1S/C25H19N3O2S/c1-16-3-5-20(6-4-16)25-27-21(14-31-25)24(29)19-9-7-18(8-10-19)22-11-12-23(30-22)28-15-26-13-17(28)2/h3-15H,1-2H3. The SMILES string of the molecule is Cc1ccc(-c2nc(C(=O)c3ccc(-c4ccc(-n5cncc5C)o4)cc3)cs2)cc1. The molecule has 0 fully saturated rings. The van der Waals surface area contributed by atoms with Crippen molar-refractivity contribution < 1.29 is 9.21 Å². The number of benzene rings is 2. The van der Waals surface area contributed by atoms with Crippen LogP contribution in [0.5, 0.6) is 0 Å². The second-order valence-electron chi connectivity index (χ2n) is 7.35. The summed E-state index contributed by atoms with van der Waals surface area (Å²) in [7, 11) is 0. The van der Waals surface area contributed by atoms with Crippen molar-refractivity contribution in [3.63, 3.8) is 0 Å². The summed E-state index contributed by atoms with van der Waals surface area (Å²) >= 11 is 1.48. The Labute approximate surface area is 183 Å². The van der Waals surface area contributed by atoms with Gasteiger partial charge in [0.2, 0.25) is 11.7 Å². The largest absolute Gasteiger partial charge is 0.440 e. The van der Waals surface area contributed by atoms with Gasteiger partial charge >= 0.3 is 0 Å². The smallest absolute Gasteiger partial charge is 0.212 e. The van der Waals surface area contributed by atoms with Crippen molar-refractivity contribution in [2.75, 3.05) is 0 Å². The first-order valence-electron chi connectivity index (χ1n) is 9.85. The third kappa shape index (κ3) is 3.73. The van der Waals surface area contributed by atoms with Gasteiger partial charge in [0.25, 0.3) is 0 Å². The molecule has 0 bridgehead atoms. The molecule has 31 heavy (non-hydrogen) atoms. The Morgan fingerprint density at radius 2 is 1.68 bits per heavy atom. The van der Waals surface area contributed by atoms with Gasteiger partial charge in [0.1, 0.15) is 22.8 Å². The van der Waals surface area contributed by atoms with Crippen LogP contribution in [-0.2, 0) is 0 Å². The zero-order valence-electron chi connectivity index (χ0n) is 17.1. The van der Waals surface area contributed by atoms with Gasteiger partial charge in [-0.25, -0.2) is 9.97 Å². The zero-order chi connectivity index (χ0) is 21.4. The van der Waals surface area contributed by atoms with E-state index in [1.54, 1.807) is 12.5 Å². The molecule has 0 aliphatic carbocycles. The second kappa shape index (κ2) is 7.81. The topological polar surface area (TPSA) is 60.9 Å². The quantitative estimate of drug-likeness (QED) is 0.319. The number of aromatic nitrogens is 3. The van der Waals surface area contributed by atoms with Crippen LogP contribution in [0, 0.1) is 13.8 Å². The maximum absolute atomic E-state index is 12.9. The van der Waals surface area contributed by atoms with E-state index in [1.807, 2.05) is 84.5 Å². The van der Waals surface area contributed by atoms with Crippen molar-refractivity contribution in [2.45, 2.75) is 13.8 Å². The molecule has 152 valence electrons. The number of thiazole rings is 1. The van der Waals surface area contributed by atoms with Crippen LogP contribution in [0.25, 0.3) is 27.8 Å². The number of ketones is 1. The lowest BCUT2D eigenvalue weighted by Crippen LogP contribution is -2.01. The molecule has 0 N–H and O–H groups in total. The molecule has 0 unspecified atom stereocenters. The minimum Gasteiger partial charge on any atom is -0.440 e. The first-order chi connectivity index (χ1) is 15.1. The molecule has 0 atom stereocenters. The average Bonchev–Trinajstić information content (AvgIpc) is 3.54. The van der Waals surface area contributed by atoms with Crippen LogP contribution in [0.2, 0.25) is 0 Å². The first-order valence-corrected chi connectivity index (χ1v) is 10.7. The van der Waals surface area contributed by atoms with Gasteiger partial charge in [-0.3, -0.25) is 9.36 Å². The lowest BCUT2D eigenvalue weighted by molar-refractivity contribution is 0.103. The van der Waals surface area contributed by atoms with Crippen LogP contribution in [-0.4, -0.2) is 20.3 Å². The van der Waals surface area contributed by atoms with Gasteiger partial charge < -0.3 is 4.42 Å². The monoisotopic (exact) mass is 425 g/mol. The number of nitrogens with zero attached hydrogens (tertiary/aromatic N) is 3. The third-order valence-corrected chi connectivity index (χ3v) is 6.01. The molecule has 3 aromatic heterocycles. The van der Waals surface area contributed by atoms with Gasteiger partial charge in [-0.2, -0.15) is 0 Å². The van der Waals surface area contributed by atoms with Gasteiger partial charge in [-0.05, 0) is 19.9 Å². The molecular weight excluding hydrogens is 406 g/mol. The Balaban J connectivity index is 1.36. The van der Waals surface area contributed by atoms with E-state index < -0.39 is 0 Å². The van der Waals surface area contributed by atoms with Gasteiger partial charge in [-0.15, -0.1) is 11.3 Å². The normalized spacial score (nSPS) is 11.0. The van der Waals surface area contributed by atoms with Gasteiger partial charge in [-0.1, -0.05) is 54.1 Å². The number of carbonyl (C=O) groups excluding carboxylic acids is 1. The molecule has 0 saturated carbocycles. The molecule has 0 amide bonds. The van der Waals surface area contributed by atoms with Crippen molar-refractivity contribution in [2.24, 2.45) is 0 Å². The summed E-state index contributed by atoms with van der Waals surface area (Å²) < 4.78 is 7.85. The molecule has 0 aliphatic rings. The van der Waals surface area contributed by atoms with E-state index in [0.29, 0.717) is 17.1 Å². The number of rotatable bonds is 5. The van der Waals surface area contributed by atoms with E-state index in [9.17, 15) is 4.79 Å². The highest BCUT2D eigenvalue weighted by Gasteiger charge is 2.15. The minimum atomic E-state index is -0.0877. The fraction of sp³-hybridized carbons (Fsp3) is 0.0800. The lowest BCUT2D eigenvalue weighted by atomic mass is 10.1. The number of furan rings is 1. The van der Waals surface area contributed by atoms with E-state index in [1.165, 1.54) is 16.9 Å². The molecule has 0 spiro atoms. The number of hydrogen-bond acceptors (Lipinski definition) is 5. The summed E-state index contributed by atoms with van der Waals surface area (Å²) in [6, 6.07) is 19.4. The fourth-order valence-electron chi connectivity index (χ4n) is 3.34. The second-order valence-corrected chi connectivity index (χ2v) is 8.21. The maximum Gasteiger partial charge on any atom is 0.212 e. The Morgan fingerprint density at radius 1 is 0.935 bits per heavy atom. The zero-order valence-corrected chi connectivity index (χ0v) is 17.9. The van der Waals surface area contributed by atoms with Crippen molar-refractivity contribution >= 4 is 17.1 Å². The highest BCUT2D eigenvalue weighted by molar-refractivity contribution is 7.13. The van der Waals surface area contributed by atoms with Gasteiger partial charge in [0.05, 0.1) is 0 Å². The van der Waals surface area contributed by atoms with Crippen molar-refractivity contribution in [3.05, 3.63) is 101 Å². The van der Waals surface area contributed by atoms with E-state index in [4.69, 9.17) is 4.42 Å². The van der Waals surface area contributed by atoms with Crippen LogP contribution in [0.4, 0.5) is 0 Å². The molecule has 6 heteroatoms. The number of aryl methyl sites for hydroxylation is 2. The van der Waals surface area contributed by atoms with Crippen LogP contribution in [0.3, 0.4) is 0 Å². The number of carbonyl (C=O) groups is 1. The maximum atomic E-state index is 12.9. The van der Waals surface area contributed by atoms with E-state index in [2.05, 4.69) is 9.97 Å². The van der Waals surface area contributed by atoms with Crippen LogP contribution in [0.1, 0.15) is 27.3 Å². The molecule has 5 rings (SSSR count). The summed E-state index contributed by atoms with van der Waals surface area (Å²) in [4.78, 5) is 21.6. The molecule has 0 aliphatic heterocycles. The highest BCUT2D eigenvalue weighted by atomic mass is 32.1. The highest BCUT2D eigenvalue weighted by Crippen LogP contribution is 2.27. The number of hydrogen-bond donors (Lipinski definition) is 0.